The summed E-state index contributed by atoms with van der Waals surface area (Å²) in [4.78, 5) is 23.9. The van der Waals surface area contributed by atoms with E-state index in [1.807, 2.05) is 41.1 Å². The van der Waals surface area contributed by atoms with Crippen molar-refractivity contribution in [1.82, 2.24) is 5.32 Å². The highest BCUT2D eigenvalue weighted by atomic mass is 79.9. The van der Waals surface area contributed by atoms with Crippen LogP contribution in [0, 0.1) is 0 Å². The van der Waals surface area contributed by atoms with Crippen molar-refractivity contribution in [2.45, 2.75) is 18.4 Å². The summed E-state index contributed by atoms with van der Waals surface area (Å²) in [6.07, 6.45) is 0.270. The molecular weight excluding hydrogens is 338 g/mol. The molecule has 5 heteroatoms. The van der Waals surface area contributed by atoms with Gasteiger partial charge in [-0.05, 0) is 40.1 Å². The van der Waals surface area contributed by atoms with Gasteiger partial charge in [0.15, 0.2) is 0 Å². The van der Waals surface area contributed by atoms with Gasteiger partial charge in [0.2, 0.25) is 5.91 Å². The SMILES string of the molecule is O=C1CC(=O)NC(c2ccsc2)(c2cccc(Br)c2)C1. The van der Waals surface area contributed by atoms with Crippen molar-refractivity contribution in [1.29, 1.82) is 0 Å². The Labute approximate surface area is 129 Å². The van der Waals surface area contributed by atoms with Crippen LogP contribution < -0.4 is 5.32 Å². The van der Waals surface area contributed by atoms with E-state index in [4.69, 9.17) is 0 Å². The van der Waals surface area contributed by atoms with Crippen molar-refractivity contribution in [3.05, 3.63) is 56.7 Å². The lowest BCUT2D eigenvalue weighted by Crippen LogP contribution is -2.52. The second-order valence-electron chi connectivity index (χ2n) is 4.87. The standard InChI is InChI=1S/C15H12BrNO2S/c16-12-3-1-2-10(6-12)15(11-4-5-20-9-11)8-13(18)7-14(19)17-15/h1-6,9H,7-8H2,(H,17,19). The number of piperidine rings is 1. The number of hydrogen-bond donors (Lipinski definition) is 1. The van der Waals surface area contributed by atoms with Crippen molar-refractivity contribution >= 4 is 39.0 Å². The Kier molecular flexibility index (Phi) is 3.48. The molecule has 2 heterocycles. The molecule has 1 N–H and O–H groups in total. The number of nitrogens with one attached hydrogen (secondary N) is 1. The fraction of sp³-hybridized carbons (Fsp3) is 0.200. The third-order valence-corrected chi connectivity index (χ3v) is 4.68. The average molecular weight is 350 g/mol. The van der Waals surface area contributed by atoms with Gasteiger partial charge in [-0.2, -0.15) is 11.3 Å². The van der Waals surface area contributed by atoms with Crippen LogP contribution in [-0.2, 0) is 15.1 Å². The molecule has 1 unspecified atom stereocenters. The molecule has 1 aromatic carbocycles. The molecule has 1 aromatic heterocycles. The Balaban J connectivity index is 2.18. The smallest absolute Gasteiger partial charge is 0.228 e. The molecule has 1 atom stereocenters. The van der Waals surface area contributed by atoms with Gasteiger partial charge in [0.05, 0.1) is 12.0 Å². The van der Waals surface area contributed by atoms with E-state index in [0.717, 1.165) is 15.6 Å². The summed E-state index contributed by atoms with van der Waals surface area (Å²) in [6.45, 7) is 0. The van der Waals surface area contributed by atoms with Crippen LogP contribution in [-0.4, -0.2) is 11.7 Å². The van der Waals surface area contributed by atoms with Crippen molar-refractivity contribution in [2.75, 3.05) is 0 Å². The maximum atomic E-state index is 12.0. The van der Waals surface area contributed by atoms with E-state index >= 15 is 0 Å². The summed E-state index contributed by atoms with van der Waals surface area (Å²) in [6, 6.07) is 9.71. The van der Waals surface area contributed by atoms with Crippen LogP contribution in [0.2, 0.25) is 0 Å². The number of carbonyl (C=O) groups is 2. The molecule has 2 aromatic rings. The summed E-state index contributed by atoms with van der Waals surface area (Å²) in [5.74, 6) is -0.243. The first-order chi connectivity index (χ1) is 9.60. The zero-order chi connectivity index (χ0) is 14.2. The Hall–Kier alpha value is -1.46. The molecule has 1 amide bonds. The molecule has 0 saturated carbocycles. The lowest BCUT2D eigenvalue weighted by atomic mass is 9.77. The number of rotatable bonds is 2. The lowest BCUT2D eigenvalue weighted by Gasteiger charge is -2.37. The maximum absolute atomic E-state index is 12.0. The van der Waals surface area contributed by atoms with Crippen LogP contribution in [0.1, 0.15) is 24.0 Å². The van der Waals surface area contributed by atoms with Crippen molar-refractivity contribution < 1.29 is 9.59 Å². The Morgan fingerprint density at radius 3 is 2.70 bits per heavy atom. The van der Waals surface area contributed by atoms with Crippen LogP contribution in [0.3, 0.4) is 0 Å². The third kappa shape index (κ3) is 2.31. The van der Waals surface area contributed by atoms with Crippen LogP contribution in [0.25, 0.3) is 0 Å². The largest absolute Gasteiger partial charge is 0.342 e. The summed E-state index contributed by atoms with van der Waals surface area (Å²) in [5, 5.41) is 6.98. The predicted molar refractivity (Wildman–Crippen MR) is 81.6 cm³/mol. The van der Waals surface area contributed by atoms with Crippen molar-refractivity contribution in [3.63, 3.8) is 0 Å². The number of carbonyl (C=O) groups excluding carboxylic acids is 2. The summed E-state index contributed by atoms with van der Waals surface area (Å²) < 4.78 is 0.928. The number of thiophene rings is 1. The summed E-state index contributed by atoms with van der Waals surface area (Å²) in [5.41, 5.74) is 1.14. The summed E-state index contributed by atoms with van der Waals surface area (Å²) in [7, 11) is 0. The fourth-order valence-electron chi connectivity index (χ4n) is 2.64. The van der Waals surface area contributed by atoms with Gasteiger partial charge in [-0.1, -0.05) is 28.1 Å². The van der Waals surface area contributed by atoms with E-state index in [1.165, 1.54) is 0 Å². The van der Waals surface area contributed by atoms with Gasteiger partial charge in [0, 0.05) is 10.9 Å². The molecule has 1 saturated heterocycles. The van der Waals surface area contributed by atoms with Crippen LogP contribution in [0.15, 0.2) is 45.6 Å². The van der Waals surface area contributed by atoms with Gasteiger partial charge in [0.1, 0.15) is 5.78 Å². The minimum atomic E-state index is -0.740. The van der Waals surface area contributed by atoms with E-state index in [1.54, 1.807) is 11.3 Å². The number of ketones is 1. The fourth-order valence-corrected chi connectivity index (χ4v) is 3.77. The van der Waals surface area contributed by atoms with Gasteiger partial charge in [-0.15, -0.1) is 0 Å². The molecule has 102 valence electrons. The minimum Gasteiger partial charge on any atom is -0.342 e. The molecule has 3 nitrogen and oxygen atoms in total. The highest BCUT2D eigenvalue weighted by molar-refractivity contribution is 9.10. The van der Waals surface area contributed by atoms with E-state index in [0.29, 0.717) is 6.42 Å². The first kappa shape index (κ1) is 13.5. The second-order valence-corrected chi connectivity index (χ2v) is 6.56. The highest BCUT2D eigenvalue weighted by Crippen LogP contribution is 2.38. The van der Waals surface area contributed by atoms with E-state index < -0.39 is 5.54 Å². The third-order valence-electron chi connectivity index (χ3n) is 3.50. The zero-order valence-corrected chi connectivity index (χ0v) is 13.0. The Morgan fingerprint density at radius 1 is 1.20 bits per heavy atom. The molecule has 0 aliphatic carbocycles. The molecule has 0 bridgehead atoms. The molecule has 20 heavy (non-hydrogen) atoms. The van der Waals surface area contributed by atoms with Crippen LogP contribution >= 0.6 is 27.3 Å². The van der Waals surface area contributed by atoms with Gasteiger partial charge in [0.25, 0.3) is 0 Å². The van der Waals surface area contributed by atoms with Gasteiger partial charge in [-0.25, -0.2) is 0 Å². The normalized spacial score (nSPS) is 22.6. The topological polar surface area (TPSA) is 46.2 Å². The van der Waals surface area contributed by atoms with E-state index in [2.05, 4.69) is 21.2 Å². The number of amides is 1. The van der Waals surface area contributed by atoms with E-state index in [9.17, 15) is 9.59 Å². The zero-order valence-electron chi connectivity index (χ0n) is 10.6. The molecule has 0 spiro atoms. The lowest BCUT2D eigenvalue weighted by molar-refractivity contribution is -0.133. The van der Waals surface area contributed by atoms with Gasteiger partial charge < -0.3 is 5.32 Å². The van der Waals surface area contributed by atoms with Gasteiger partial charge >= 0.3 is 0 Å². The first-order valence-electron chi connectivity index (χ1n) is 6.21. The Bertz CT molecular complexity index is 650. The first-order valence-corrected chi connectivity index (χ1v) is 7.95. The van der Waals surface area contributed by atoms with Gasteiger partial charge in [-0.3, -0.25) is 9.59 Å². The maximum Gasteiger partial charge on any atom is 0.228 e. The van der Waals surface area contributed by atoms with Crippen molar-refractivity contribution in [2.24, 2.45) is 0 Å². The quantitative estimate of drug-likeness (QED) is 0.846. The minimum absolute atomic E-state index is 0.0278. The predicted octanol–water partition coefficient (Wildman–Crippen LogP) is 3.23. The highest BCUT2D eigenvalue weighted by Gasteiger charge is 2.42. The van der Waals surface area contributed by atoms with Crippen LogP contribution in [0.4, 0.5) is 0 Å². The molecule has 1 aliphatic rings. The van der Waals surface area contributed by atoms with Crippen molar-refractivity contribution in [3.8, 4) is 0 Å². The second kappa shape index (κ2) is 5.14. The molecular formula is C15H12BrNO2S. The molecule has 3 rings (SSSR count). The Morgan fingerprint density at radius 2 is 2.05 bits per heavy atom. The van der Waals surface area contributed by atoms with E-state index in [-0.39, 0.29) is 18.1 Å². The monoisotopic (exact) mass is 349 g/mol. The number of benzene rings is 1. The summed E-state index contributed by atoms with van der Waals surface area (Å²) >= 11 is 5.01. The number of hydrogen-bond acceptors (Lipinski definition) is 3. The average Bonchev–Trinajstić information content (AvgIpc) is 2.91. The molecule has 1 fully saturated rings. The number of Topliss-reactive ketones (excluding diaryl/α,β-unsaturated/α-hetero) is 1. The molecule has 1 aliphatic heterocycles. The molecule has 0 radical (unpaired) electrons. The van der Waals surface area contributed by atoms with Crippen LogP contribution in [0.5, 0.6) is 0 Å². The number of halogens is 1.